The van der Waals surface area contributed by atoms with Crippen LogP contribution in [0.2, 0.25) is 0 Å². The standard InChI is InChI=1S/C18H30N4O/c1-6-15-9-8-10-16(11-15)22-17(23)12-20-18(19-7-2)21-14(5)13(3)4/h8-11,13-14H,6-7,12H2,1-5H3,(H,22,23)(H2,19,20,21). The zero-order chi connectivity index (χ0) is 17.2. The van der Waals surface area contributed by atoms with E-state index in [2.05, 4.69) is 48.6 Å². The quantitative estimate of drug-likeness (QED) is 0.535. The van der Waals surface area contributed by atoms with Gasteiger partial charge in [0.15, 0.2) is 5.96 Å². The maximum absolute atomic E-state index is 12.1. The second-order valence-corrected chi connectivity index (χ2v) is 5.97. The molecule has 0 aromatic heterocycles. The van der Waals surface area contributed by atoms with Gasteiger partial charge in [0.25, 0.3) is 0 Å². The Morgan fingerprint density at radius 3 is 2.57 bits per heavy atom. The molecule has 0 saturated carbocycles. The normalized spacial score (nSPS) is 12.9. The molecule has 0 aliphatic rings. The van der Waals surface area contributed by atoms with Gasteiger partial charge in [-0.1, -0.05) is 32.9 Å². The second-order valence-electron chi connectivity index (χ2n) is 5.97. The molecule has 5 heteroatoms. The van der Waals surface area contributed by atoms with Crippen LogP contribution in [0.5, 0.6) is 0 Å². The van der Waals surface area contributed by atoms with Gasteiger partial charge in [0.2, 0.25) is 5.91 Å². The Labute approximate surface area is 140 Å². The lowest BCUT2D eigenvalue weighted by Crippen LogP contribution is -2.44. The van der Waals surface area contributed by atoms with Gasteiger partial charge in [-0.3, -0.25) is 4.79 Å². The number of rotatable bonds is 7. The lowest BCUT2D eigenvalue weighted by molar-refractivity contribution is -0.114. The average molecular weight is 318 g/mol. The molecule has 0 spiro atoms. The van der Waals surface area contributed by atoms with E-state index in [4.69, 9.17) is 0 Å². The molecule has 5 nitrogen and oxygen atoms in total. The molecule has 1 rings (SSSR count). The number of carbonyl (C=O) groups excluding carboxylic acids is 1. The topological polar surface area (TPSA) is 65.5 Å². The monoisotopic (exact) mass is 318 g/mol. The van der Waals surface area contributed by atoms with Crippen molar-refractivity contribution in [1.82, 2.24) is 10.6 Å². The van der Waals surface area contributed by atoms with Gasteiger partial charge >= 0.3 is 0 Å². The van der Waals surface area contributed by atoms with Crippen molar-refractivity contribution in [2.24, 2.45) is 10.9 Å². The minimum Gasteiger partial charge on any atom is -0.357 e. The van der Waals surface area contributed by atoms with Crippen molar-refractivity contribution < 1.29 is 4.79 Å². The molecule has 0 radical (unpaired) electrons. The minimum atomic E-state index is -0.118. The summed E-state index contributed by atoms with van der Waals surface area (Å²) in [7, 11) is 0. The van der Waals surface area contributed by atoms with Crippen LogP contribution in [0.15, 0.2) is 29.3 Å². The Morgan fingerprint density at radius 2 is 1.96 bits per heavy atom. The van der Waals surface area contributed by atoms with Crippen LogP contribution in [0.1, 0.15) is 40.2 Å². The van der Waals surface area contributed by atoms with E-state index in [1.165, 1.54) is 5.56 Å². The van der Waals surface area contributed by atoms with Crippen molar-refractivity contribution >= 4 is 17.6 Å². The van der Waals surface area contributed by atoms with Crippen LogP contribution in [-0.4, -0.2) is 31.0 Å². The number of hydrogen-bond acceptors (Lipinski definition) is 2. The summed E-state index contributed by atoms with van der Waals surface area (Å²) in [5, 5.41) is 9.37. The fourth-order valence-corrected chi connectivity index (χ4v) is 1.92. The fourth-order valence-electron chi connectivity index (χ4n) is 1.92. The van der Waals surface area contributed by atoms with E-state index in [9.17, 15) is 4.79 Å². The van der Waals surface area contributed by atoms with Crippen LogP contribution < -0.4 is 16.0 Å². The summed E-state index contributed by atoms with van der Waals surface area (Å²) in [4.78, 5) is 16.4. The van der Waals surface area contributed by atoms with Gasteiger partial charge in [0.05, 0.1) is 0 Å². The van der Waals surface area contributed by atoms with E-state index >= 15 is 0 Å². The Bertz CT molecular complexity index is 526. The first-order chi connectivity index (χ1) is 11.0. The molecule has 0 aliphatic heterocycles. The maximum atomic E-state index is 12.1. The first-order valence-electron chi connectivity index (χ1n) is 8.39. The highest BCUT2D eigenvalue weighted by Gasteiger charge is 2.09. The molecule has 1 aromatic carbocycles. The number of carbonyl (C=O) groups is 1. The highest BCUT2D eigenvalue weighted by atomic mass is 16.1. The van der Waals surface area contributed by atoms with Crippen LogP contribution in [0.4, 0.5) is 5.69 Å². The summed E-state index contributed by atoms with van der Waals surface area (Å²) >= 11 is 0. The molecule has 0 saturated heterocycles. The Balaban J connectivity index is 2.61. The summed E-state index contributed by atoms with van der Waals surface area (Å²) in [6.45, 7) is 11.4. The molecular formula is C18H30N4O. The van der Waals surface area contributed by atoms with Crippen LogP contribution in [0.3, 0.4) is 0 Å². The Morgan fingerprint density at radius 1 is 1.22 bits per heavy atom. The van der Waals surface area contributed by atoms with E-state index in [1.807, 2.05) is 31.2 Å². The van der Waals surface area contributed by atoms with Crippen molar-refractivity contribution in [2.75, 3.05) is 18.4 Å². The van der Waals surface area contributed by atoms with E-state index in [0.717, 1.165) is 18.7 Å². The average Bonchev–Trinajstić information content (AvgIpc) is 2.52. The first kappa shape index (κ1) is 19.0. The van der Waals surface area contributed by atoms with E-state index in [-0.39, 0.29) is 18.5 Å². The van der Waals surface area contributed by atoms with Crippen molar-refractivity contribution in [3.63, 3.8) is 0 Å². The summed E-state index contributed by atoms with van der Waals surface area (Å²) < 4.78 is 0. The molecule has 1 aromatic rings. The van der Waals surface area contributed by atoms with Crippen molar-refractivity contribution in [3.05, 3.63) is 29.8 Å². The van der Waals surface area contributed by atoms with Gasteiger partial charge in [-0.25, -0.2) is 4.99 Å². The van der Waals surface area contributed by atoms with Gasteiger partial charge in [0, 0.05) is 18.3 Å². The molecular weight excluding hydrogens is 288 g/mol. The summed E-state index contributed by atoms with van der Waals surface area (Å²) in [6.07, 6.45) is 0.948. The molecule has 128 valence electrons. The van der Waals surface area contributed by atoms with Gasteiger partial charge in [-0.15, -0.1) is 0 Å². The van der Waals surface area contributed by atoms with Crippen LogP contribution in [-0.2, 0) is 11.2 Å². The largest absolute Gasteiger partial charge is 0.357 e. The number of nitrogens with one attached hydrogen (secondary N) is 3. The smallest absolute Gasteiger partial charge is 0.246 e. The highest BCUT2D eigenvalue weighted by molar-refractivity contribution is 5.94. The van der Waals surface area contributed by atoms with E-state index < -0.39 is 0 Å². The van der Waals surface area contributed by atoms with Crippen LogP contribution >= 0.6 is 0 Å². The van der Waals surface area contributed by atoms with Crippen molar-refractivity contribution in [1.29, 1.82) is 0 Å². The van der Waals surface area contributed by atoms with Crippen LogP contribution in [0.25, 0.3) is 0 Å². The minimum absolute atomic E-state index is 0.0938. The number of nitrogens with zero attached hydrogens (tertiary/aromatic N) is 1. The van der Waals surface area contributed by atoms with E-state index in [0.29, 0.717) is 11.9 Å². The van der Waals surface area contributed by atoms with E-state index in [1.54, 1.807) is 0 Å². The molecule has 0 aliphatic carbocycles. The summed E-state index contributed by atoms with van der Waals surface area (Å²) in [6, 6.07) is 8.18. The zero-order valence-electron chi connectivity index (χ0n) is 14.9. The Hall–Kier alpha value is -2.04. The zero-order valence-corrected chi connectivity index (χ0v) is 14.9. The van der Waals surface area contributed by atoms with Crippen molar-refractivity contribution in [3.8, 4) is 0 Å². The van der Waals surface area contributed by atoms with Crippen LogP contribution in [0, 0.1) is 5.92 Å². The SMILES string of the molecule is CCNC(=NCC(=O)Nc1cccc(CC)c1)NC(C)C(C)C. The first-order valence-corrected chi connectivity index (χ1v) is 8.39. The highest BCUT2D eigenvalue weighted by Crippen LogP contribution is 2.10. The number of benzene rings is 1. The third kappa shape index (κ3) is 7.17. The Kier molecular flexibility index (Phi) is 8.16. The predicted molar refractivity (Wildman–Crippen MR) is 97.9 cm³/mol. The molecule has 0 heterocycles. The molecule has 23 heavy (non-hydrogen) atoms. The van der Waals surface area contributed by atoms with Gasteiger partial charge in [-0.2, -0.15) is 0 Å². The van der Waals surface area contributed by atoms with Gasteiger partial charge in [0.1, 0.15) is 6.54 Å². The second kappa shape index (κ2) is 9.87. The van der Waals surface area contributed by atoms with Gasteiger partial charge in [-0.05, 0) is 43.9 Å². The number of aryl methyl sites for hydroxylation is 1. The summed E-state index contributed by atoms with van der Waals surface area (Å²) in [5.41, 5.74) is 2.02. The third-order valence-electron chi connectivity index (χ3n) is 3.71. The maximum Gasteiger partial charge on any atom is 0.246 e. The molecule has 1 amide bonds. The third-order valence-corrected chi connectivity index (χ3v) is 3.71. The number of hydrogen-bond donors (Lipinski definition) is 3. The number of aliphatic imine (C=N–C) groups is 1. The fraction of sp³-hybridized carbons (Fsp3) is 0.556. The summed E-state index contributed by atoms with van der Waals surface area (Å²) in [5.74, 6) is 1.04. The molecule has 3 N–H and O–H groups in total. The molecule has 1 atom stereocenters. The van der Waals surface area contributed by atoms with Gasteiger partial charge < -0.3 is 16.0 Å². The lowest BCUT2D eigenvalue weighted by atomic mass is 10.1. The molecule has 1 unspecified atom stereocenters. The number of anilines is 1. The predicted octanol–water partition coefficient (Wildman–Crippen LogP) is 2.79. The molecule has 0 bridgehead atoms. The lowest BCUT2D eigenvalue weighted by Gasteiger charge is -2.20. The number of guanidine groups is 1. The molecule has 0 fully saturated rings. The van der Waals surface area contributed by atoms with Crippen molar-refractivity contribution in [2.45, 2.75) is 47.1 Å². The number of amides is 1.